The van der Waals surface area contributed by atoms with Crippen molar-refractivity contribution in [1.82, 2.24) is 9.88 Å². The van der Waals surface area contributed by atoms with Crippen LogP contribution in [0.25, 0.3) is 10.6 Å². The van der Waals surface area contributed by atoms with Crippen LogP contribution >= 0.6 is 11.3 Å². The quantitative estimate of drug-likeness (QED) is 0.591. The topological polar surface area (TPSA) is 34.6 Å². The highest BCUT2D eigenvalue weighted by Crippen LogP contribution is 2.35. The van der Waals surface area contributed by atoms with Crippen molar-refractivity contribution < 1.29 is 9.47 Å². The van der Waals surface area contributed by atoms with Gasteiger partial charge in [-0.25, -0.2) is 4.98 Å². The highest BCUT2D eigenvalue weighted by atomic mass is 32.1. The fourth-order valence-electron chi connectivity index (χ4n) is 3.72. The average Bonchev–Trinajstić information content (AvgIpc) is 3.38. The minimum atomic E-state index is 0.432. The number of ether oxygens (including phenoxy) is 2. The van der Waals surface area contributed by atoms with Gasteiger partial charge in [-0.2, -0.15) is 0 Å². The molecular formula is C22H24N2O2S. The van der Waals surface area contributed by atoms with E-state index < -0.39 is 0 Å². The summed E-state index contributed by atoms with van der Waals surface area (Å²) in [5.74, 6) is 1.79. The first-order valence-corrected chi connectivity index (χ1v) is 10.1. The van der Waals surface area contributed by atoms with Gasteiger partial charge in [-0.15, -0.1) is 11.3 Å². The van der Waals surface area contributed by atoms with Gasteiger partial charge in [-0.05, 0) is 49.2 Å². The minimum Gasteiger partial charge on any atom is -0.497 e. The number of thiazole rings is 1. The van der Waals surface area contributed by atoms with Crippen LogP contribution in [0.1, 0.15) is 30.1 Å². The first-order valence-electron chi connectivity index (χ1n) is 9.23. The molecule has 1 saturated heterocycles. The van der Waals surface area contributed by atoms with Crippen molar-refractivity contribution in [3.05, 3.63) is 65.2 Å². The van der Waals surface area contributed by atoms with E-state index >= 15 is 0 Å². The van der Waals surface area contributed by atoms with E-state index in [-0.39, 0.29) is 0 Å². The number of aromatic nitrogens is 1. The molecule has 4 rings (SSSR count). The van der Waals surface area contributed by atoms with Gasteiger partial charge in [0, 0.05) is 23.5 Å². The SMILES string of the molecule is COc1cccc(-c2nc(CN3CCCC3c3cccc(OC)c3)cs2)c1. The predicted octanol–water partition coefficient (Wildman–Crippen LogP) is 5.16. The molecule has 0 spiro atoms. The minimum absolute atomic E-state index is 0.432. The Morgan fingerprint density at radius 2 is 1.85 bits per heavy atom. The summed E-state index contributed by atoms with van der Waals surface area (Å²) < 4.78 is 10.7. The Morgan fingerprint density at radius 3 is 2.67 bits per heavy atom. The van der Waals surface area contributed by atoms with Gasteiger partial charge < -0.3 is 9.47 Å². The lowest BCUT2D eigenvalue weighted by Crippen LogP contribution is -2.22. The Labute approximate surface area is 164 Å². The van der Waals surface area contributed by atoms with Crippen molar-refractivity contribution >= 4 is 11.3 Å². The zero-order valence-electron chi connectivity index (χ0n) is 15.7. The van der Waals surface area contributed by atoms with Crippen LogP contribution in [0.15, 0.2) is 53.9 Å². The van der Waals surface area contributed by atoms with Gasteiger partial charge in [0.15, 0.2) is 0 Å². The first-order chi connectivity index (χ1) is 13.3. The molecule has 27 heavy (non-hydrogen) atoms. The molecule has 3 aromatic rings. The molecule has 0 radical (unpaired) electrons. The van der Waals surface area contributed by atoms with Crippen molar-refractivity contribution in [2.24, 2.45) is 0 Å². The van der Waals surface area contributed by atoms with Crippen molar-refractivity contribution in [3.63, 3.8) is 0 Å². The van der Waals surface area contributed by atoms with E-state index in [0.717, 1.165) is 40.9 Å². The third-order valence-corrected chi connectivity index (χ3v) is 6.02. The fraction of sp³-hybridized carbons (Fsp3) is 0.318. The lowest BCUT2D eigenvalue weighted by Gasteiger charge is -2.24. The van der Waals surface area contributed by atoms with Crippen molar-refractivity contribution in [3.8, 4) is 22.1 Å². The van der Waals surface area contributed by atoms with E-state index in [2.05, 4.69) is 34.5 Å². The van der Waals surface area contributed by atoms with Gasteiger partial charge >= 0.3 is 0 Å². The molecule has 2 aromatic carbocycles. The van der Waals surface area contributed by atoms with Crippen LogP contribution in [0.2, 0.25) is 0 Å². The van der Waals surface area contributed by atoms with Crippen molar-refractivity contribution in [2.45, 2.75) is 25.4 Å². The zero-order chi connectivity index (χ0) is 18.6. The van der Waals surface area contributed by atoms with Crippen LogP contribution in [-0.4, -0.2) is 30.6 Å². The van der Waals surface area contributed by atoms with E-state index in [1.807, 2.05) is 24.3 Å². The fourth-order valence-corrected chi connectivity index (χ4v) is 4.53. The Hall–Kier alpha value is -2.37. The Morgan fingerprint density at radius 1 is 1.07 bits per heavy atom. The van der Waals surface area contributed by atoms with E-state index in [4.69, 9.17) is 14.5 Å². The molecule has 1 unspecified atom stereocenters. The lowest BCUT2D eigenvalue weighted by atomic mass is 10.0. The predicted molar refractivity (Wildman–Crippen MR) is 109 cm³/mol. The van der Waals surface area contributed by atoms with Gasteiger partial charge in [-0.3, -0.25) is 4.90 Å². The third kappa shape index (κ3) is 3.99. The second kappa shape index (κ2) is 8.11. The molecular weight excluding hydrogens is 356 g/mol. The monoisotopic (exact) mass is 380 g/mol. The maximum absolute atomic E-state index is 5.40. The molecule has 2 heterocycles. The van der Waals surface area contributed by atoms with E-state index in [9.17, 15) is 0 Å². The third-order valence-electron chi connectivity index (χ3n) is 5.08. The summed E-state index contributed by atoms with van der Waals surface area (Å²) >= 11 is 1.69. The smallest absolute Gasteiger partial charge is 0.123 e. The van der Waals surface area contributed by atoms with E-state index in [1.54, 1.807) is 25.6 Å². The molecule has 0 amide bonds. The van der Waals surface area contributed by atoms with Crippen LogP contribution in [0, 0.1) is 0 Å². The molecule has 1 aromatic heterocycles. The number of hydrogen-bond acceptors (Lipinski definition) is 5. The Balaban J connectivity index is 1.51. The summed E-state index contributed by atoms with van der Waals surface area (Å²) in [4.78, 5) is 7.40. The molecule has 0 N–H and O–H groups in total. The van der Waals surface area contributed by atoms with Crippen molar-refractivity contribution in [2.75, 3.05) is 20.8 Å². The molecule has 1 fully saturated rings. The molecule has 0 saturated carbocycles. The first kappa shape index (κ1) is 18.0. The molecule has 140 valence electrons. The number of likely N-dealkylation sites (tertiary alicyclic amines) is 1. The molecule has 4 nitrogen and oxygen atoms in total. The second-order valence-corrected chi connectivity index (χ2v) is 7.64. The van der Waals surface area contributed by atoms with Gasteiger partial charge in [-0.1, -0.05) is 24.3 Å². The van der Waals surface area contributed by atoms with Gasteiger partial charge in [0.2, 0.25) is 0 Å². The standard InChI is InChI=1S/C22H24N2O2S/c1-25-19-8-3-6-16(12-19)21-10-5-11-24(21)14-18-15-27-22(23-18)17-7-4-9-20(13-17)26-2/h3-4,6-9,12-13,15,21H,5,10-11,14H2,1-2H3. The summed E-state index contributed by atoms with van der Waals surface area (Å²) in [7, 11) is 3.42. The average molecular weight is 381 g/mol. The van der Waals surface area contributed by atoms with Gasteiger partial charge in [0.05, 0.1) is 19.9 Å². The molecule has 1 aliphatic rings. The molecule has 5 heteroatoms. The summed E-state index contributed by atoms with van der Waals surface area (Å²) in [6, 6.07) is 17.0. The van der Waals surface area contributed by atoms with Crippen LogP contribution in [-0.2, 0) is 6.54 Å². The molecule has 1 aliphatic heterocycles. The number of rotatable bonds is 6. The number of benzene rings is 2. The highest BCUT2D eigenvalue weighted by Gasteiger charge is 2.27. The van der Waals surface area contributed by atoms with Gasteiger partial charge in [0.25, 0.3) is 0 Å². The zero-order valence-corrected chi connectivity index (χ0v) is 16.5. The molecule has 0 bridgehead atoms. The maximum atomic E-state index is 5.40. The molecule has 0 aliphatic carbocycles. The highest BCUT2D eigenvalue weighted by molar-refractivity contribution is 7.13. The Kier molecular flexibility index (Phi) is 5.41. The van der Waals surface area contributed by atoms with Crippen molar-refractivity contribution in [1.29, 1.82) is 0 Å². The maximum Gasteiger partial charge on any atom is 0.123 e. The molecule has 1 atom stereocenters. The normalized spacial score (nSPS) is 17.2. The number of nitrogens with zero attached hydrogens (tertiary/aromatic N) is 2. The van der Waals surface area contributed by atoms with Crippen LogP contribution in [0.5, 0.6) is 11.5 Å². The summed E-state index contributed by atoms with van der Waals surface area (Å²) in [5.41, 5.74) is 3.57. The Bertz CT molecular complexity index is 909. The summed E-state index contributed by atoms with van der Waals surface area (Å²) in [6.45, 7) is 1.98. The van der Waals surface area contributed by atoms with Crippen LogP contribution < -0.4 is 9.47 Å². The second-order valence-electron chi connectivity index (χ2n) is 6.78. The van der Waals surface area contributed by atoms with E-state index in [0.29, 0.717) is 6.04 Å². The summed E-state index contributed by atoms with van der Waals surface area (Å²) in [6.07, 6.45) is 2.40. The largest absolute Gasteiger partial charge is 0.497 e. The number of methoxy groups -OCH3 is 2. The lowest BCUT2D eigenvalue weighted by molar-refractivity contribution is 0.245. The number of hydrogen-bond donors (Lipinski definition) is 0. The van der Waals surface area contributed by atoms with Crippen LogP contribution in [0.3, 0.4) is 0 Å². The van der Waals surface area contributed by atoms with Gasteiger partial charge in [0.1, 0.15) is 16.5 Å². The summed E-state index contributed by atoms with van der Waals surface area (Å²) in [5, 5.41) is 3.22. The van der Waals surface area contributed by atoms with E-state index in [1.165, 1.54) is 18.4 Å². The van der Waals surface area contributed by atoms with Crippen LogP contribution in [0.4, 0.5) is 0 Å².